The molecule has 0 aliphatic rings. The fraction of sp³-hybridized carbons (Fsp3) is 0.273. The van der Waals surface area contributed by atoms with Gasteiger partial charge in [-0.05, 0) is 28.4 Å². The van der Waals surface area contributed by atoms with Gasteiger partial charge in [-0.15, -0.1) is 5.10 Å². The smallest absolute Gasteiger partial charge is 0.258 e. The van der Waals surface area contributed by atoms with Crippen molar-refractivity contribution in [3.05, 3.63) is 50.2 Å². The van der Waals surface area contributed by atoms with E-state index in [1.165, 1.54) is 6.07 Å². The molecule has 0 radical (unpaired) electrons. The monoisotopic (exact) mass is 388 g/mol. The Hall–Kier alpha value is -1.28. The lowest BCUT2D eigenvalue weighted by atomic mass is 10.2. The first-order chi connectivity index (χ1) is 8.99. The first-order valence-electron chi connectivity index (χ1n) is 5.45. The Morgan fingerprint density at radius 3 is 2.84 bits per heavy atom. The standard InChI is InChI=1S/C11H10Br2N4O2/c1-7(12)9-6-16(15-14-9)5-8-3-2-4-10(11(8)13)17(18)19/h2-4,6-7H,5H2,1H3. The van der Waals surface area contributed by atoms with Crippen LogP contribution >= 0.6 is 31.9 Å². The molecule has 0 saturated heterocycles. The summed E-state index contributed by atoms with van der Waals surface area (Å²) in [6, 6.07) is 4.93. The molecule has 0 fully saturated rings. The van der Waals surface area contributed by atoms with Crippen molar-refractivity contribution >= 4 is 37.5 Å². The molecule has 0 spiro atoms. The van der Waals surface area contributed by atoms with Crippen LogP contribution in [0.1, 0.15) is 23.0 Å². The highest BCUT2D eigenvalue weighted by Gasteiger charge is 2.15. The minimum absolute atomic E-state index is 0.0479. The molecule has 8 heteroatoms. The third-order valence-corrected chi connectivity index (χ3v) is 3.94. The van der Waals surface area contributed by atoms with Crippen LogP contribution in [0.3, 0.4) is 0 Å². The van der Waals surface area contributed by atoms with Gasteiger partial charge in [0.15, 0.2) is 0 Å². The van der Waals surface area contributed by atoms with Crippen molar-refractivity contribution in [1.82, 2.24) is 15.0 Å². The molecular weight excluding hydrogens is 380 g/mol. The van der Waals surface area contributed by atoms with E-state index in [1.807, 2.05) is 19.2 Å². The van der Waals surface area contributed by atoms with Gasteiger partial charge in [-0.3, -0.25) is 10.1 Å². The maximum atomic E-state index is 10.9. The van der Waals surface area contributed by atoms with Crippen molar-refractivity contribution in [2.24, 2.45) is 0 Å². The van der Waals surface area contributed by atoms with Crippen LogP contribution in [0, 0.1) is 10.1 Å². The zero-order chi connectivity index (χ0) is 14.0. The average molecular weight is 390 g/mol. The number of alkyl halides is 1. The van der Waals surface area contributed by atoms with E-state index in [9.17, 15) is 10.1 Å². The normalized spacial score (nSPS) is 12.4. The number of hydrogen-bond acceptors (Lipinski definition) is 4. The van der Waals surface area contributed by atoms with E-state index < -0.39 is 4.92 Å². The molecule has 0 amide bonds. The molecule has 2 rings (SSSR count). The molecule has 1 aromatic heterocycles. The van der Waals surface area contributed by atoms with Crippen LogP contribution in [0.2, 0.25) is 0 Å². The van der Waals surface area contributed by atoms with Crippen LogP contribution in [-0.2, 0) is 6.54 Å². The quantitative estimate of drug-likeness (QED) is 0.456. The maximum Gasteiger partial charge on any atom is 0.283 e. The zero-order valence-corrected chi connectivity index (χ0v) is 13.1. The number of nitro benzene ring substituents is 1. The Morgan fingerprint density at radius 1 is 1.53 bits per heavy atom. The van der Waals surface area contributed by atoms with Crippen LogP contribution in [0.4, 0.5) is 5.69 Å². The number of halogens is 2. The number of hydrogen-bond donors (Lipinski definition) is 0. The molecule has 0 N–H and O–H groups in total. The first kappa shape index (κ1) is 14.1. The van der Waals surface area contributed by atoms with Crippen LogP contribution < -0.4 is 0 Å². The van der Waals surface area contributed by atoms with E-state index in [4.69, 9.17) is 0 Å². The van der Waals surface area contributed by atoms with Crippen LogP contribution in [0.15, 0.2) is 28.9 Å². The second-order valence-electron chi connectivity index (χ2n) is 3.96. The summed E-state index contributed by atoms with van der Waals surface area (Å²) < 4.78 is 2.13. The fourth-order valence-corrected chi connectivity index (χ4v) is 2.32. The van der Waals surface area contributed by atoms with E-state index in [0.29, 0.717) is 11.0 Å². The summed E-state index contributed by atoms with van der Waals surface area (Å²) in [4.78, 5) is 10.6. The van der Waals surface area contributed by atoms with Gasteiger partial charge >= 0.3 is 0 Å². The predicted octanol–water partition coefficient (Wildman–Crippen LogP) is 3.45. The molecule has 1 atom stereocenters. The van der Waals surface area contributed by atoms with E-state index in [1.54, 1.807) is 10.7 Å². The SMILES string of the molecule is CC(Br)c1cn(Cc2cccc([N+](=O)[O-])c2Br)nn1. The lowest BCUT2D eigenvalue weighted by Crippen LogP contribution is -2.02. The summed E-state index contributed by atoms with van der Waals surface area (Å²) in [5, 5.41) is 18.9. The van der Waals surface area contributed by atoms with Crippen molar-refractivity contribution in [2.75, 3.05) is 0 Å². The Morgan fingerprint density at radius 2 is 2.26 bits per heavy atom. The Bertz CT molecular complexity index is 612. The highest BCUT2D eigenvalue weighted by Crippen LogP contribution is 2.28. The van der Waals surface area contributed by atoms with Crippen molar-refractivity contribution in [2.45, 2.75) is 18.3 Å². The highest BCUT2D eigenvalue weighted by atomic mass is 79.9. The lowest BCUT2D eigenvalue weighted by molar-refractivity contribution is -0.385. The third kappa shape index (κ3) is 3.19. The Labute approximate surface area is 126 Å². The molecular formula is C11H10Br2N4O2. The predicted molar refractivity (Wildman–Crippen MR) is 77.3 cm³/mol. The van der Waals surface area contributed by atoms with Gasteiger partial charge in [0.05, 0.1) is 22.0 Å². The van der Waals surface area contributed by atoms with Gasteiger partial charge in [-0.1, -0.05) is 33.3 Å². The zero-order valence-electron chi connectivity index (χ0n) is 9.96. The molecule has 0 aliphatic heterocycles. The number of nitrogens with zero attached hydrogens (tertiary/aromatic N) is 4. The third-order valence-electron chi connectivity index (χ3n) is 2.55. The summed E-state index contributed by atoms with van der Waals surface area (Å²) in [6.07, 6.45) is 1.81. The first-order valence-corrected chi connectivity index (χ1v) is 7.15. The van der Waals surface area contributed by atoms with Gasteiger partial charge in [-0.2, -0.15) is 0 Å². The Kier molecular flexibility index (Phi) is 4.31. The van der Waals surface area contributed by atoms with Crippen LogP contribution in [0.5, 0.6) is 0 Å². The van der Waals surface area contributed by atoms with Crippen LogP contribution in [0.25, 0.3) is 0 Å². The number of aromatic nitrogens is 3. The van der Waals surface area contributed by atoms with Gasteiger partial charge in [0.2, 0.25) is 0 Å². The minimum Gasteiger partial charge on any atom is -0.258 e. The maximum absolute atomic E-state index is 10.9. The van der Waals surface area contributed by atoms with Crippen LogP contribution in [-0.4, -0.2) is 19.9 Å². The van der Waals surface area contributed by atoms with Crippen molar-refractivity contribution in [3.63, 3.8) is 0 Å². The Balaban J connectivity index is 2.28. The van der Waals surface area contributed by atoms with E-state index in [0.717, 1.165) is 11.3 Å². The number of rotatable bonds is 4. The van der Waals surface area contributed by atoms with Gasteiger partial charge in [0.25, 0.3) is 5.69 Å². The molecule has 2 aromatic rings. The second kappa shape index (κ2) is 5.79. The van der Waals surface area contributed by atoms with Gasteiger partial charge in [-0.25, -0.2) is 4.68 Å². The van der Waals surface area contributed by atoms with E-state index in [2.05, 4.69) is 42.2 Å². The van der Waals surface area contributed by atoms with Gasteiger partial charge in [0.1, 0.15) is 4.47 Å². The second-order valence-corrected chi connectivity index (χ2v) is 6.13. The highest BCUT2D eigenvalue weighted by molar-refractivity contribution is 9.10. The lowest BCUT2D eigenvalue weighted by Gasteiger charge is -2.04. The molecule has 1 unspecified atom stereocenters. The molecule has 100 valence electrons. The molecule has 0 aliphatic carbocycles. The number of nitro groups is 1. The van der Waals surface area contributed by atoms with Gasteiger partial charge < -0.3 is 0 Å². The summed E-state index contributed by atoms with van der Waals surface area (Å²) in [7, 11) is 0. The van der Waals surface area contributed by atoms with Crippen molar-refractivity contribution in [3.8, 4) is 0 Å². The molecule has 1 aromatic carbocycles. The topological polar surface area (TPSA) is 73.8 Å². The largest absolute Gasteiger partial charge is 0.283 e. The summed E-state index contributed by atoms with van der Waals surface area (Å²) in [6.45, 7) is 2.38. The molecule has 0 bridgehead atoms. The fourth-order valence-electron chi connectivity index (χ4n) is 1.58. The molecule has 0 saturated carbocycles. The van der Waals surface area contributed by atoms with Gasteiger partial charge in [0, 0.05) is 12.3 Å². The average Bonchev–Trinajstić information content (AvgIpc) is 2.80. The minimum atomic E-state index is -0.416. The molecule has 1 heterocycles. The summed E-state index contributed by atoms with van der Waals surface area (Å²) in [5.41, 5.74) is 1.65. The van der Waals surface area contributed by atoms with E-state index >= 15 is 0 Å². The van der Waals surface area contributed by atoms with Crippen molar-refractivity contribution < 1.29 is 4.92 Å². The summed E-state index contributed by atoms with van der Waals surface area (Å²) >= 11 is 6.67. The summed E-state index contributed by atoms with van der Waals surface area (Å²) in [5.74, 6) is 0. The number of benzene rings is 1. The van der Waals surface area contributed by atoms with Crippen molar-refractivity contribution in [1.29, 1.82) is 0 Å². The molecule has 6 nitrogen and oxygen atoms in total. The molecule has 19 heavy (non-hydrogen) atoms. The van der Waals surface area contributed by atoms with E-state index in [-0.39, 0.29) is 10.5 Å².